The molecule has 1 fully saturated rings. The second-order valence-corrected chi connectivity index (χ2v) is 6.30. The van der Waals surface area contributed by atoms with Gasteiger partial charge >= 0.3 is 5.97 Å². The van der Waals surface area contributed by atoms with Crippen molar-refractivity contribution in [2.75, 3.05) is 7.11 Å². The molecule has 4 heteroatoms. The smallest absolute Gasteiger partial charge is 0.309 e. The van der Waals surface area contributed by atoms with Crippen LogP contribution < -0.4 is 0 Å². The number of esters is 1. The maximum atomic E-state index is 12.5. The zero-order valence-electron chi connectivity index (χ0n) is 14.3. The Balaban J connectivity index is 1.93. The third-order valence-electron chi connectivity index (χ3n) is 4.40. The molecule has 1 aromatic rings. The van der Waals surface area contributed by atoms with Crippen LogP contribution in [0.4, 0.5) is 0 Å². The standard InChI is InChI=1S/C20H26O4/c1-23-20(22)13-17(12-19(21)18-10-6-3-7-11-18)15-24-14-16-8-4-2-5-9-16/h2,4-5,8-9,15,18H,3,6-7,10-14H2,1H3/b17-15+. The van der Waals surface area contributed by atoms with Crippen molar-refractivity contribution in [3.63, 3.8) is 0 Å². The molecule has 0 spiro atoms. The molecule has 0 amide bonds. The molecule has 0 N–H and O–H groups in total. The number of carbonyl (C=O) groups is 2. The molecule has 130 valence electrons. The number of carbonyl (C=O) groups excluding carboxylic acids is 2. The molecular formula is C20H26O4. The number of hydrogen-bond donors (Lipinski definition) is 0. The van der Waals surface area contributed by atoms with E-state index in [1.54, 1.807) is 6.26 Å². The molecule has 24 heavy (non-hydrogen) atoms. The van der Waals surface area contributed by atoms with Crippen molar-refractivity contribution in [3.8, 4) is 0 Å². The lowest BCUT2D eigenvalue weighted by molar-refractivity contribution is -0.139. The van der Waals surface area contributed by atoms with E-state index in [0.717, 1.165) is 31.2 Å². The topological polar surface area (TPSA) is 52.6 Å². The molecule has 0 atom stereocenters. The Labute approximate surface area is 143 Å². The number of ether oxygens (including phenoxy) is 2. The molecule has 1 aromatic carbocycles. The Kier molecular flexibility index (Phi) is 7.53. The fraction of sp³-hybridized carbons (Fsp3) is 0.500. The highest BCUT2D eigenvalue weighted by Gasteiger charge is 2.22. The summed E-state index contributed by atoms with van der Waals surface area (Å²) in [6.45, 7) is 0.420. The summed E-state index contributed by atoms with van der Waals surface area (Å²) in [6.07, 6.45) is 7.33. The monoisotopic (exact) mass is 330 g/mol. The maximum Gasteiger partial charge on any atom is 0.309 e. The number of hydrogen-bond acceptors (Lipinski definition) is 4. The van der Waals surface area contributed by atoms with Gasteiger partial charge in [0.2, 0.25) is 0 Å². The van der Waals surface area contributed by atoms with Gasteiger partial charge in [-0.1, -0.05) is 49.6 Å². The van der Waals surface area contributed by atoms with Gasteiger partial charge in [-0.05, 0) is 24.0 Å². The van der Waals surface area contributed by atoms with Crippen LogP contribution in [-0.2, 0) is 25.7 Å². The lowest BCUT2D eigenvalue weighted by Gasteiger charge is -2.20. The molecular weight excluding hydrogens is 304 g/mol. The summed E-state index contributed by atoms with van der Waals surface area (Å²) in [5.41, 5.74) is 1.73. The van der Waals surface area contributed by atoms with Gasteiger partial charge in [0.15, 0.2) is 0 Å². The van der Waals surface area contributed by atoms with E-state index in [-0.39, 0.29) is 30.5 Å². The molecule has 1 aliphatic carbocycles. The summed E-state index contributed by atoms with van der Waals surface area (Å²) in [5, 5.41) is 0. The van der Waals surface area contributed by atoms with Crippen molar-refractivity contribution in [1.82, 2.24) is 0 Å². The van der Waals surface area contributed by atoms with Crippen LogP contribution in [0.25, 0.3) is 0 Å². The zero-order valence-corrected chi connectivity index (χ0v) is 14.3. The molecule has 0 aromatic heterocycles. The van der Waals surface area contributed by atoms with Crippen LogP contribution in [0.3, 0.4) is 0 Å². The van der Waals surface area contributed by atoms with Gasteiger partial charge in [-0.3, -0.25) is 9.59 Å². The van der Waals surface area contributed by atoms with Gasteiger partial charge < -0.3 is 9.47 Å². The second kappa shape index (κ2) is 9.91. The first-order valence-corrected chi connectivity index (χ1v) is 8.62. The average Bonchev–Trinajstić information content (AvgIpc) is 2.63. The molecule has 2 rings (SSSR count). The van der Waals surface area contributed by atoms with Crippen molar-refractivity contribution in [1.29, 1.82) is 0 Å². The van der Waals surface area contributed by atoms with Crippen LogP contribution in [0, 0.1) is 5.92 Å². The highest BCUT2D eigenvalue weighted by molar-refractivity contribution is 5.85. The maximum absolute atomic E-state index is 12.5. The van der Waals surface area contributed by atoms with Gasteiger partial charge in [0.25, 0.3) is 0 Å². The Morgan fingerprint density at radius 3 is 2.46 bits per heavy atom. The van der Waals surface area contributed by atoms with Crippen molar-refractivity contribution in [2.45, 2.75) is 51.6 Å². The van der Waals surface area contributed by atoms with Crippen LogP contribution >= 0.6 is 0 Å². The lowest BCUT2D eigenvalue weighted by atomic mass is 9.84. The quantitative estimate of drug-likeness (QED) is 0.530. The number of Topliss-reactive ketones (excluding diaryl/α,β-unsaturated/α-hetero) is 1. The van der Waals surface area contributed by atoms with Gasteiger partial charge in [0, 0.05) is 12.3 Å². The summed E-state index contributed by atoms with van der Waals surface area (Å²) in [7, 11) is 1.35. The third-order valence-corrected chi connectivity index (χ3v) is 4.40. The van der Waals surface area contributed by atoms with E-state index in [1.165, 1.54) is 13.5 Å². The first kappa shape index (κ1) is 18.2. The van der Waals surface area contributed by atoms with Gasteiger partial charge in [-0.15, -0.1) is 0 Å². The summed E-state index contributed by atoms with van der Waals surface area (Å²) in [4.78, 5) is 24.0. The molecule has 0 heterocycles. The SMILES string of the molecule is COC(=O)C/C(=C/OCc1ccccc1)CC(=O)C1CCCCC1. The van der Waals surface area contributed by atoms with Crippen LogP contribution in [0.5, 0.6) is 0 Å². The molecule has 0 aliphatic heterocycles. The Morgan fingerprint density at radius 2 is 1.79 bits per heavy atom. The zero-order chi connectivity index (χ0) is 17.2. The van der Waals surface area contributed by atoms with Gasteiger partial charge in [0.1, 0.15) is 12.4 Å². The van der Waals surface area contributed by atoms with Crippen LogP contribution in [0.1, 0.15) is 50.5 Å². The minimum Gasteiger partial charge on any atom is -0.497 e. The number of benzene rings is 1. The van der Waals surface area contributed by atoms with Gasteiger partial charge in [-0.25, -0.2) is 0 Å². The van der Waals surface area contributed by atoms with Gasteiger partial charge in [0.05, 0.1) is 19.8 Å². The summed E-state index contributed by atoms with van der Waals surface area (Å²) in [6, 6.07) is 9.79. The molecule has 0 radical (unpaired) electrons. The Bertz CT molecular complexity index is 556. The lowest BCUT2D eigenvalue weighted by Crippen LogP contribution is -2.19. The predicted molar refractivity (Wildman–Crippen MR) is 92.1 cm³/mol. The van der Waals surface area contributed by atoms with E-state index in [0.29, 0.717) is 12.2 Å². The fourth-order valence-corrected chi connectivity index (χ4v) is 3.03. The van der Waals surface area contributed by atoms with Crippen molar-refractivity contribution in [3.05, 3.63) is 47.7 Å². The van der Waals surface area contributed by atoms with E-state index in [9.17, 15) is 9.59 Å². The predicted octanol–water partition coefficient (Wildman–Crippen LogP) is 4.19. The highest BCUT2D eigenvalue weighted by atomic mass is 16.5. The normalized spacial score (nSPS) is 15.8. The first-order valence-electron chi connectivity index (χ1n) is 8.62. The van der Waals surface area contributed by atoms with Gasteiger partial charge in [-0.2, -0.15) is 0 Å². The molecule has 4 nitrogen and oxygen atoms in total. The molecule has 0 saturated heterocycles. The van der Waals surface area contributed by atoms with Crippen molar-refractivity contribution < 1.29 is 19.1 Å². The first-order chi connectivity index (χ1) is 11.7. The Morgan fingerprint density at radius 1 is 1.08 bits per heavy atom. The van der Waals surface area contributed by atoms with Crippen LogP contribution in [0.2, 0.25) is 0 Å². The van der Waals surface area contributed by atoms with E-state index >= 15 is 0 Å². The number of methoxy groups -OCH3 is 1. The fourth-order valence-electron chi connectivity index (χ4n) is 3.03. The van der Waals surface area contributed by atoms with E-state index in [2.05, 4.69) is 0 Å². The summed E-state index contributed by atoms with van der Waals surface area (Å²) < 4.78 is 10.3. The average molecular weight is 330 g/mol. The minimum absolute atomic E-state index is 0.101. The minimum atomic E-state index is -0.346. The number of rotatable bonds is 8. The summed E-state index contributed by atoms with van der Waals surface area (Å²) in [5.74, 6) is 0.00286. The highest BCUT2D eigenvalue weighted by Crippen LogP contribution is 2.27. The van der Waals surface area contributed by atoms with Crippen LogP contribution in [-0.4, -0.2) is 18.9 Å². The Hall–Kier alpha value is -2.10. The van der Waals surface area contributed by atoms with E-state index in [4.69, 9.17) is 9.47 Å². The number of ketones is 1. The summed E-state index contributed by atoms with van der Waals surface area (Å²) >= 11 is 0. The molecule has 0 unspecified atom stereocenters. The molecule has 0 bridgehead atoms. The molecule has 1 saturated carbocycles. The van der Waals surface area contributed by atoms with Crippen LogP contribution in [0.15, 0.2) is 42.2 Å². The van der Waals surface area contributed by atoms with Crippen molar-refractivity contribution in [2.24, 2.45) is 5.92 Å². The third kappa shape index (κ3) is 6.19. The largest absolute Gasteiger partial charge is 0.497 e. The van der Waals surface area contributed by atoms with E-state index < -0.39 is 0 Å². The molecule has 1 aliphatic rings. The van der Waals surface area contributed by atoms with E-state index in [1.807, 2.05) is 30.3 Å². The van der Waals surface area contributed by atoms with Crippen molar-refractivity contribution >= 4 is 11.8 Å². The second-order valence-electron chi connectivity index (χ2n) is 6.30.